The topological polar surface area (TPSA) is 41.6 Å². The summed E-state index contributed by atoms with van der Waals surface area (Å²) in [5.41, 5.74) is 3.79. The number of amides is 1. The van der Waals surface area contributed by atoms with E-state index in [9.17, 15) is 9.18 Å². The molecule has 0 aromatic heterocycles. The summed E-state index contributed by atoms with van der Waals surface area (Å²) in [5, 5.41) is 3.06. The molecule has 1 N–H and O–H groups in total. The quantitative estimate of drug-likeness (QED) is 0.894. The number of carbonyl (C=O) groups is 1. The van der Waals surface area contributed by atoms with E-state index in [1.165, 1.54) is 12.1 Å². The molecule has 1 aliphatic heterocycles. The van der Waals surface area contributed by atoms with Gasteiger partial charge in [0.15, 0.2) is 0 Å². The van der Waals surface area contributed by atoms with Gasteiger partial charge in [0.25, 0.3) is 5.91 Å². The van der Waals surface area contributed by atoms with E-state index in [0.717, 1.165) is 29.8 Å². The van der Waals surface area contributed by atoms with Crippen LogP contribution in [-0.2, 0) is 4.74 Å². The summed E-state index contributed by atoms with van der Waals surface area (Å²) in [6.45, 7) is 7.36. The lowest BCUT2D eigenvalue weighted by atomic mass is 10.0. The van der Waals surface area contributed by atoms with Crippen molar-refractivity contribution in [3.8, 4) is 0 Å². The van der Waals surface area contributed by atoms with Gasteiger partial charge in [0.1, 0.15) is 5.82 Å². The van der Waals surface area contributed by atoms with Crippen LogP contribution >= 0.6 is 0 Å². The Bertz CT molecular complexity index is 755. The Morgan fingerprint density at radius 1 is 1.15 bits per heavy atom. The van der Waals surface area contributed by atoms with Crippen molar-refractivity contribution in [1.29, 1.82) is 0 Å². The molecule has 4 nitrogen and oxygen atoms in total. The van der Waals surface area contributed by atoms with E-state index in [1.54, 1.807) is 12.1 Å². The second-order valence-electron chi connectivity index (χ2n) is 6.67. The van der Waals surface area contributed by atoms with E-state index in [4.69, 9.17) is 4.74 Å². The zero-order chi connectivity index (χ0) is 18.5. The van der Waals surface area contributed by atoms with Crippen molar-refractivity contribution in [2.45, 2.75) is 19.9 Å². The van der Waals surface area contributed by atoms with E-state index in [-0.39, 0.29) is 17.8 Å². The molecule has 3 rings (SSSR count). The summed E-state index contributed by atoms with van der Waals surface area (Å²) in [7, 11) is 0. The molecule has 2 aromatic carbocycles. The van der Waals surface area contributed by atoms with Crippen LogP contribution in [0.3, 0.4) is 0 Å². The fourth-order valence-electron chi connectivity index (χ4n) is 3.31. The van der Waals surface area contributed by atoms with Gasteiger partial charge < -0.3 is 10.1 Å². The predicted molar refractivity (Wildman–Crippen MR) is 99.8 cm³/mol. The van der Waals surface area contributed by atoms with Gasteiger partial charge in [0.2, 0.25) is 0 Å². The van der Waals surface area contributed by atoms with Crippen LogP contribution in [0.5, 0.6) is 0 Å². The highest BCUT2D eigenvalue weighted by Crippen LogP contribution is 2.22. The van der Waals surface area contributed by atoms with Gasteiger partial charge >= 0.3 is 0 Å². The number of morpholine rings is 1. The number of nitrogens with zero attached hydrogens (tertiary/aromatic N) is 1. The van der Waals surface area contributed by atoms with E-state index in [0.29, 0.717) is 25.3 Å². The standard InChI is InChI=1S/C21H25FN2O2/c1-15-4-3-5-19(16(15)2)21(25)23-14-20(24-10-12-26-13-11-24)17-6-8-18(22)9-7-17/h3-9,20H,10-14H2,1-2H3,(H,23,25)/t20-/m0/s1. The second kappa shape index (κ2) is 8.43. The lowest BCUT2D eigenvalue weighted by Gasteiger charge is -2.35. The van der Waals surface area contributed by atoms with Crippen molar-refractivity contribution < 1.29 is 13.9 Å². The molecule has 0 spiro atoms. The summed E-state index contributed by atoms with van der Waals surface area (Å²) < 4.78 is 18.7. The molecule has 0 radical (unpaired) electrons. The normalized spacial score (nSPS) is 16.3. The zero-order valence-electron chi connectivity index (χ0n) is 15.3. The predicted octanol–water partition coefficient (Wildman–Crippen LogP) is 3.25. The number of hydrogen-bond acceptors (Lipinski definition) is 3. The van der Waals surface area contributed by atoms with Crippen molar-refractivity contribution in [3.63, 3.8) is 0 Å². The smallest absolute Gasteiger partial charge is 0.251 e. The molecule has 1 fully saturated rings. The van der Waals surface area contributed by atoms with Gasteiger partial charge in [-0.1, -0.05) is 24.3 Å². The number of ether oxygens (including phenoxy) is 1. The van der Waals surface area contributed by atoms with E-state index in [1.807, 2.05) is 32.0 Å². The Kier molecular flexibility index (Phi) is 6.01. The van der Waals surface area contributed by atoms with Crippen molar-refractivity contribution in [1.82, 2.24) is 10.2 Å². The van der Waals surface area contributed by atoms with Crippen LogP contribution < -0.4 is 5.32 Å². The first-order chi connectivity index (χ1) is 12.6. The Morgan fingerprint density at radius 3 is 2.54 bits per heavy atom. The molecule has 1 aliphatic rings. The molecule has 1 amide bonds. The fraction of sp³-hybridized carbons (Fsp3) is 0.381. The molecular formula is C21H25FN2O2. The van der Waals surface area contributed by atoms with Crippen LogP contribution in [0.15, 0.2) is 42.5 Å². The largest absolute Gasteiger partial charge is 0.379 e. The monoisotopic (exact) mass is 356 g/mol. The maximum Gasteiger partial charge on any atom is 0.251 e. The molecule has 1 heterocycles. The molecule has 0 saturated carbocycles. The lowest BCUT2D eigenvalue weighted by Crippen LogP contribution is -2.43. The summed E-state index contributed by atoms with van der Waals surface area (Å²) in [6, 6.07) is 12.3. The first kappa shape index (κ1) is 18.5. The van der Waals surface area contributed by atoms with Crippen LogP contribution in [0.25, 0.3) is 0 Å². The summed E-state index contributed by atoms with van der Waals surface area (Å²) in [6.07, 6.45) is 0. The molecule has 138 valence electrons. The number of carbonyl (C=O) groups excluding carboxylic acids is 1. The summed E-state index contributed by atoms with van der Waals surface area (Å²) >= 11 is 0. The highest BCUT2D eigenvalue weighted by Gasteiger charge is 2.23. The van der Waals surface area contributed by atoms with Crippen LogP contribution in [0.2, 0.25) is 0 Å². The zero-order valence-corrected chi connectivity index (χ0v) is 15.3. The maximum absolute atomic E-state index is 13.3. The average molecular weight is 356 g/mol. The third-order valence-corrected chi connectivity index (χ3v) is 5.05. The Morgan fingerprint density at radius 2 is 1.85 bits per heavy atom. The molecule has 26 heavy (non-hydrogen) atoms. The van der Waals surface area contributed by atoms with E-state index >= 15 is 0 Å². The minimum absolute atomic E-state index is 0.00596. The van der Waals surface area contributed by atoms with Gasteiger partial charge in [-0.25, -0.2) is 4.39 Å². The average Bonchev–Trinajstić information content (AvgIpc) is 2.66. The van der Waals surface area contributed by atoms with Gasteiger partial charge in [-0.2, -0.15) is 0 Å². The number of halogens is 1. The van der Waals surface area contributed by atoms with Crippen LogP contribution in [-0.4, -0.2) is 43.7 Å². The SMILES string of the molecule is Cc1cccc(C(=O)NC[C@@H](c2ccc(F)cc2)N2CCOCC2)c1C. The lowest BCUT2D eigenvalue weighted by molar-refractivity contribution is 0.0162. The molecule has 0 bridgehead atoms. The molecule has 2 aromatic rings. The summed E-state index contributed by atoms with van der Waals surface area (Å²) in [5.74, 6) is -0.333. The minimum Gasteiger partial charge on any atom is -0.379 e. The molecule has 0 aliphatic carbocycles. The molecule has 5 heteroatoms. The van der Waals surface area contributed by atoms with E-state index in [2.05, 4.69) is 10.2 Å². The molecule has 1 saturated heterocycles. The van der Waals surface area contributed by atoms with Crippen LogP contribution in [0.4, 0.5) is 4.39 Å². The number of benzene rings is 2. The van der Waals surface area contributed by atoms with Crippen molar-refractivity contribution in [2.24, 2.45) is 0 Å². The van der Waals surface area contributed by atoms with Gasteiger partial charge in [-0.05, 0) is 48.7 Å². The highest BCUT2D eigenvalue weighted by atomic mass is 19.1. The van der Waals surface area contributed by atoms with Gasteiger partial charge in [-0.3, -0.25) is 9.69 Å². The highest BCUT2D eigenvalue weighted by molar-refractivity contribution is 5.95. The number of nitrogens with one attached hydrogen (secondary N) is 1. The number of aryl methyl sites for hydroxylation is 1. The third kappa shape index (κ3) is 4.29. The summed E-state index contributed by atoms with van der Waals surface area (Å²) in [4.78, 5) is 15.0. The second-order valence-corrected chi connectivity index (χ2v) is 6.67. The van der Waals surface area contributed by atoms with Gasteiger partial charge in [0, 0.05) is 25.2 Å². The van der Waals surface area contributed by atoms with Crippen molar-refractivity contribution in [3.05, 3.63) is 70.5 Å². The molecule has 0 unspecified atom stereocenters. The fourth-order valence-corrected chi connectivity index (χ4v) is 3.31. The van der Waals surface area contributed by atoms with Crippen LogP contribution in [0.1, 0.15) is 33.1 Å². The molecular weight excluding hydrogens is 331 g/mol. The number of hydrogen-bond donors (Lipinski definition) is 1. The minimum atomic E-state index is -0.256. The third-order valence-electron chi connectivity index (χ3n) is 5.05. The van der Waals surface area contributed by atoms with Crippen molar-refractivity contribution >= 4 is 5.91 Å². The molecule has 1 atom stereocenters. The Labute approximate surface area is 154 Å². The van der Waals surface area contributed by atoms with Crippen molar-refractivity contribution in [2.75, 3.05) is 32.8 Å². The Hall–Kier alpha value is -2.24. The first-order valence-electron chi connectivity index (χ1n) is 8.98. The first-order valence-corrected chi connectivity index (χ1v) is 8.98. The number of rotatable bonds is 5. The van der Waals surface area contributed by atoms with Gasteiger partial charge in [0.05, 0.1) is 19.3 Å². The van der Waals surface area contributed by atoms with E-state index < -0.39 is 0 Å². The van der Waals surface area contributed by atoms with Gasteiger partial charge in [-0.15, -0.1) is 0 Å². The Balaban J connectivity index is 1.76. The van der Waals surface area contributed by atoms with Crippen LogP contribution in [0, 0.1) is 19.7 Å². The maximum atomic E-state index is 13.3.